The molecule has 3 nitrogen and oxygen atoms in total. The lowest BCUT2D eigenvalue weighted by Crippen LogP contribution is -2.35. The average molecular weight is 588 g/mol. The normalized spacial score (nSPS) is 13.3. The van der Waals surface area contributed by atoms with Crippen LogP contribution < -0.4 is 0 Å². The highest BCUT2D eigenvalue weighted by Gasteiger charge is 2.10. The van der Waals surface area contributed by atoms with Gasteiger partial charge >= 0.3 is 0 Å². The molecule has 1 unspecified atom stereocenters. The van der Waals surface area contributed by atoms with E-state index >= 15 is 0 Å². The van der Waals surface area contributed by atoms with Crippen LogP contribution in [0.2, 0.25) is 0 Å². The van der Waals surface area contributed by atoms with E-state index < -0.39 is 6.10 Å². The summed E-state index contributed by atoms with van der Waals surface area (Å²) < 4.78 is 0. The van der Waals surface area contributed by atoms with Gasteiger partial charge in [-0.1, -0.05) is 140 Å². The first-order valence-electron chi connectivity index (χ1n) is 18.4. The predicted molar refractivity (Wildman–Crippen MR) is 188 cm³/mol. The Balaban J connectivity index is 3.73. The third-order valence-corrected chi connectivity index (χ3v) is 8.03. The van der Waals surface area contributed by atoms with Gasteiger partial charge in [0.2, 0.25) is 0 Å². The molecule has 42 heavy (non-hydrogen) atoms. The Morgan fingerprint density at radius 2 is 0.786 bits per heavy atom. The van der Waals surface area contributed by atoms with Crippen molar-refractivity contribution in [1.29, 1.82) is 0 Å². The van der Waals surface area contributed by atoms with Crippen LogP contribution in [-0.4, -0.2) is 47.5 Å². The minimum absolute atomic E-state index is 0.136. The monoisotopic (exact) mass is 588 g/mol. The van der Waals surface area contributed by atoms with E-state index in [-0.39, 0.29) is 6.61 Å². The lowest BCUT2D eigenvalue weighted by molar-refractivity contribution is 0.0579. The minimum Gasteiger partial charge on any atom is -0.394 e. The smallest absolute Gasteiger partial charge is 0.0897 e. The summed E-state index contributed by atoms with van der Waals surface area (Å²) in [5.74, 6) is 0. The van der Waals surface area contributed by atoms with E-state index in [4.69, 9.17) is 0 Å². The maximum Gasteiger partial charge on any atom is 0.0897 e. The third-order valence-electron chi connectivity index (χ3n) is 8.03. The topological polar surface area (TPSA) is 43.7 Å². The van der Waals surface area contributed by atoms with Gasteiger partial charge in [-0.2, -0.15) is 0 Å². The highest BCUT2D eigenvalue weighted by atomic mass is 16.3. The maximum atomic E-state index is 9.99. The number of allylic oxidation sites excluding steroid dienone is 8. The van der Waals surface area contributed by atoms with Crippen LogP contribution >= 0.6 is 0 Å². The van der Waals surface area contributed by atoms with Crippen LogP contribution in [-0.2, 0) is 0 Å². The highest BCUT2D eigenvalue weighted by molar-refractivity contribution is 4.93. The van der Waals surface area contributed by atoms with Crippen LogP contribution in [0.15, 0.2) is 48.6 Å². The fourth-order valence-electron chi connectivity index (χ4n) is 5.30. The number of nitrogens with zero attached hydrogens (tertiary/aromatic N) is 1. The largest absolute Gasteiger partial charge is 0.394 e. The fraction of sp³-hybridized carbons (Fsp3) is 0.795. The van der Waals surface area contributed by atoms with Gasteiger partial charge in [0.05, 0.1) is 12.7 Å². The number of aliphatic hydroxyl groups excluding tert-OH is 2. The second-order valence-electron chi connectivity index (χ2n) is 12.3. The summed E-state index contributed by atoms with van der Waals surface area (Å²) in [4.78, 5) is 2.38. The summed E-state index contributed by atoms with van der Waals surface area (Å²) in [7, 11) is 0. The van der Waals surface area contributed by atoms with E-state index in [0.29, 0.717) is 6.54 Å². The van der Waals surface area contributed by atoms with Gasteiger partial charge in [0.15, 0.2) is 0 Å². The van der Waals surface area contributed by atoms with Gasteiger partial charge in [0.25, 0.3) is 0 Å². The molecule has 0 aromatic rings. The highest BCUT2D eigenvalue weighted by Crippen LogP contribution is 2.11. The molecule has 0 rings (SSSR count). The molecule has 0 radical (unpaired) electrons. The molecule has 0 saturated heterocycles. The van der Waals surface area contributed by atoms with Crippen molar-refractivity contribution in [2.45, 2.75) is 174 Å². The zero-order valence-electron chi connectivity index (χ0n) is 28.3. The summed E-state index contributed by atoms with van der Waals surface area (Å²) >= 11 is 0. The molecule has 0 aliphatic heterocycles. The van der Waals surface area contributed by atoms with Gasteiger partial charge in [-0.05, 0) is 90.1 Å². The standard InChI is InChI=1S/C39H73NO2/c1-3-5-7-9-11-13-15-17-19-21-23-25-27-29-31-33-35-40(37-39(42)38-41)36-34-32-30-28-26-24-22-20-18-16-14-12-10-8-6-4-2/h11,13-14,16-17,19-20,22,39,41-42H,3-10,12,15,18,21,23-38H2,1-2H3/b13-11-,16-14-,19-17-,22-20-. The van der Waals surface area contributed by atoms with E-state index in [0.717, 1.165) is 25.9 Å². The Labute approximate surface area is 263 Å². The quantitative estimate of drug-likeness (QED) is 0.0593. The van der Waals surface area contributed by atoms with Gasteiger partial charge in [-0.3, -0.25) is 0 Å². The van der Waals surface area contributed by atoms with Crippen molar-refractivity contribution in [3.8, 4) is 0 Å². The van der Waals surface area contributed by atoms with Crippen molar-refractivity contribution in [3.05, 3.63) is 48.6 Å². The molecule has 246 valence electrons. The molecule has 0 aromatic carbocycles. The van der Waals surface area contributed by atoms with Gasteiger partial charge in [-0.15, -0.1) is 0 Å². The molecule has 0 heterocycles. The SMILES string of the molecule is CCCCC/C=C\C/C=C\CCCCCCCCN(CCCCCCC/C=C\C/C=C\CCCCCC)CC(O)CO. The first kappa shape index (κ1) is 40.8. The molecule has 2 N–H and O–H groups in total. The second-order valence-corrected chi connectivity index (χ2v) is 12.3. The zero-order valence-corrected chi connectivity index (χ0v) is 28.3. The third kappa shape index (κ3) is 33.3. The van der Waals surface area contributed by atoms with E-state index in [2.05, 4.69) is 67.4 Å². The summed E-state index contributed by atoms with van der Waals surface area (Å²) in [6.45, 7) is 7.08. The molecule has 0 aliphatic carbocycles. The molecule has 0 spiro atoms. The first-order valence-corrected chi connectivity index (χ1v) is 18.4. The number of hydrogen-bond acceptors (Lipinski definition) is 3. The summed E-state index contributed by atoms with van der Waals surface area (Å²) in [5.41, 5.74) is 0. The van der Waals surface area contributed by atoms with Crippen molar-refractivity contribution in [2.75, 3.05) is 26.2 Å². The van der Waals surface area contributed by atoms with Gasteiger partial charge in [-0.25, -0.2) is 0 Å². The molecular formula is C39H73NO2. The summed E-state index contributed by atoms with van der Waals surface area (Å²) in [6.07, 6.45) is 48.6. The Kier molecular flexibility index (Phi) is 35.0. The molecule has 1 atom stereocenters. The average Bonchev–Trinajstić information content (AvgIpc) is 3.00. The van der Waals surface area contributed by atoms with Crippen LogP contribution in [0.25, 0.3) is 0 Å². The lowest BCUT2D eigenvalue weighted by Gasteiger charge is -2.24. The van der Waals surface area contributed by atoms with E-state index in [1.165, 1.54) is 141 Å². The van der Waals surface area contributed by atoms with Gasteiger partial charge < -0.3 is 15.1 Å². The van der Waals surface area contributed by atoms with Crippen molar-refractivity contribution in [2.24, 2.45) is 0 Å². The lowest BCUT2D eigenvalue weighted by atomic mass is 10.1. The van der Waals surface area contributed by atoms with E-state index in [1.807, 2.05) is 0 Å². The molecule has 3 heteroatoms. The number of aliphatic hydroxyl groups is 2. The molecule has 0 aromatic heterocycles. The van der Waals surface area contributed by atoms with Crippen molar-refractivity contribution >= 4 is 0 Å². The van der Waals surface area contributed by atoms with Crippen molar-refractivity contribution in [3.63, 3.8) is 0 Å². The Morgan fingerprint density at radius 1 is 0.452 bits per heavy atom. The molecular weight excluding hydrogens is 514 g/mol. The summed E-state index contributed by atoms with van der Waals surface area (Å²) in [6, 6.07) is 0. The van der Waals surface area contributed by atoms with Crippen LogP contribution in [0.4, 0.5) is 0 Å². The number of hydrogen-bond donors (Lipinski definition) is 2. The number of rotatable bonds is 33. The maximum absolute atomic E-state index is 9.99. The first-order chi connectivity index (χ1) is 20.7. The fourth-order valence-corrected chi connectivity index (χ4v) is 5.30. The predicted octanol–water partition coefficient (Wildman–Crippen LogP) is 11.3. The van der Waals surface area contributed by atoms with Crippen LogP contribution in [0.3, 0.4) is 0 Å². The van der Waals surface area contributed by atoms with Crippen LogP contribution in [0.1, 0.15) is 168 Å². The van der Waals surface area contributed by atoms with Crippen LogP contribution in [0.5, 0.6) is 0 Å². The second kappa shape index (κ2) is 36.0. The molecule has 0 aliphatic rings. The molecule has 0 fully saturated rings. The molecule has 0 saturated carbocycles. The Hall–Kier alpha value is -1.16. The minimum atomic E-state index is -0.614. The van der Waals surface area contributed by atoms with Gasteiger partial charge in [0.1, 0.15) is 0 Å². The van der Waals surface area contributed by atoms with Gasteiger partial charge in [0, 0.05) is 6.54 Å². The van der Waals surface area contributed by atoms with E-state index in [9.17, 15) is 10.2 Å². The van der Waals surface area contributed by atoms with Crippen molar-refractivity contribution < 1.29 is 10.2 Å². The van der Waals surface area contributed by atoms with E-state index in [1.54, 1.807) is 0 Å². The number of unbranched alkanes of at least 4 members (excludes halogenated alkanes) is 18. The molecule has 0 bridgehead atoms. The zero-order chi connectivity index (χ0) is 30.6. The van der Waals surface area contributed by atoms with Crippen molar-refractivity contribution in [1.82, 2.24) is 4.90 Å². The van der Waals surface area contributed by atoms with Crippen LogP contribution in [0, 0.1) is 0 Å². The Morgan fingerprint density at radius 3 is 1.19 bits per heavy atom. The molecule has 0 amide bonds. The Bertz CT molecular complexity index is 624. The summed E-state index contributed by atoms with van der Waals surface area (Å²) in [5, 5.41) is 19.3.